The van der Waals surface area contributed by atoms with Gasteiger partial charge in [-0.3, -0.25) is 5.10 Å². The fourth-order valence-corrected chi connectivity index (χ4v) is 3.05. The Morgan fingerprint density at radius 3 is 2.89 bits per heavy atom. The van der Waals surface area contributed by atoms with Gasteiger partial charge in [0.1, 0.15) is 0 Å². The van der Waals surface area contributed by atoms with Gasteiger partial charge in [0, 0.05) is 11.9 Å². The van der Waals surface area contributed by atoms with Crippen molar-refractivity contribution in [3.63, 3.8) is 0 Å². The number of hydrogen-bond donors (Lipinski definition) is 3. The van der Waals surface area contributed by atoms with Crippen LogP contribution in [0.15, 0.2) is 18.3 Å². The van der Waals surface area contributed by atoms with Gasteiger partial charge < -0.3 is 11.1 Å². The van der Waals surface area contributed by atoms with Crippen molar-refractivity contribution >= 4 is 22.3 Å². The average Bonchev–Trinajstić information content (AvgIpc) is 2.84. The van der Waals surface area contributed by atoms with Crippen LogP contribution in [0.25, 0.3) is 10.9 Å². The van der Waals surface area contributed by atoms with Crippen molar-refractivity contribution in [3.05, 3.63) is 18.3 Å². The van der Waals surface area contributed by atoms with Crippen molar-refractivity contribution in [1.29, 1.82) is 0 Å². The molecule has 1 fully saturated rings. The number of benzene rings is 1. The quantitative estimate of drug-likeness (QED) is 0.738. The SMILES string of the molecule is CC1(CNc2cc3[nH]ncc3cc2N)CCCCC1. The third-order valence-electron chi connectivity index (χ3n) is 4.38. The first-order valence-corrected chi connectivity index (χ1v) is 7.13. The van der Waals surface area contributed by atoms with Gasteiger partial charge in [-0.05, 0) is 30.4 Å². The molecule has 1 aliphatic carbocycles. The van der Waals surface area contributed by atoms with Crippen LogP contribution < -0.4 is 11.1 Å². The molecule has 0 amide bonds. The minimum Gasteiger partial charge on any atom is -0.397 e. The van der Waals surface area contributed by atoms with Gasteiger partial charge in [0.25, 0.3) is 0 Å². The highest BCUT2D eigenvalue weighted by Crippen LogP contribution is 2.36. The Morgan fingerprint density at radius 2 is 2.11 bits per heavy atom. The van der Waals surface area contributed by atoms with E-state index in [0.29, 0.717) is 5.41 Å². The molecule has 2 aromatic rings. The second-order valence-electron chi connectivity index (χ2n) is 6.12. The van der Waals surface area contributed by atoms with Crippen LogP contribution in [0.4, 0.5) is 11.4 Å². The third kappa shape index (κ3) is 2.53. The normalized spacial score (nSPS) is 18.6. The highest BCUT2D eigenvalue weighted by Gasteiger charge is 2.26. The lowest BCUT2D eigenvalue weighted by atomic mass is 9.76. The van der Waals surface area contributed by atoms with E-state index in [2.05, 4.69) is 28.5 Å². The maximum absolute atomic E-state index is 6.10. The standard InChI is InChI=1S/C15H22N4/c1-15(5-3-2-4-6-15)10-17-14-8-13-11(7-12(14)16)9-18-19-13/h7-9,17H,2-6,10,16H2,1H3,(H,18,19). The van der Waals surface area contributed by atoms with Crippen LogP contribution >= 0.6 is 0 Å². The summed E-state index contributed by atoms with van der Waals surface area (Å²) in [5.41, 5.74) is 9.36. The summed E-state index contributed by atoms with van der Waals surface area (Å²) in [6.45, 7) is 3.38. The molecule has 0 saturated heterocycles. The fraction of sp³-hybridized carbons (Fsp3) is 0.533. The molecule has 1 aromatic carbocycles. The number of nitrogens with zero attached hydrogens (tertiary/aromatic N) is 1. The molecular weight excluding hydrogens is 236 g/mol. The predicted octanol–water partition coefficient (Wildman–Crippen LogP) is 3.53. The fourth-order valence-electron chi connectivity index (χ4n) is 3.05. The molecule has 19 heavy (non-hydrogen) atoms. The molecule has 1 aliphatic rings. The minimum atomic E-state index is 0.410. The highest BCUT2D eigenvalue weighted by molar-refractivity contribution is 5.88. The number of hydrogen-bond acceptors (Lipinski definition) is 3. The molecule has 4 nitrogen and oxygen atoms in total. The molecule has 1 aromatic heterocycles. The zero-order valence-electron chi connectivity index (χ0n) is 11.5. The van der Waals surface area contributed by atoms with E-state index < -0.39 is 0 Å². The van der Waals surface area contributed by atoms with Gasteiger partial charge in [-0.25, -0.2) is 0 Å². The highest BCUT2D eigenvalue weighted by atomic mass is 15.1. The summed E-state index contributed by atoms with van der Waals surface area (Å²) in [7, 11) is 0. The van der Waals surface area contributed by atoms with Gasteiger partial charge in [-0.1, -0.05) is 26.2 Å². The lowest BCUT2D eigenvalue weighted by Crippen LogP contribution is -2.29. The first-order chi connectivity index (χ1) is 9.16. The maximum atomic E-state index is 6.10. The minimum absolute atomic E-state index is 0.410. The Balaban J connectivity index is 1.75. The molecule has 1 heterocycles. The summed E-state index contributed by atoms with van der Waals surface area (Å²) in [6, 6.07) is 4.04. The van der Waals surface area contributed by atoms with Crippen LogP contribution in [0, 0.1) is 5.41 Å². The smallest absolute Gasteiger partial charge is 0.0672 e. The predicted molar refractivity (Wildman–Crippen MR) is 80.2 cm³/mol. The number of aromatic nitrogens is 2. The summed E-state index contributed by atoms with van der Waals surface area (Å²) in [4.78, 5) is 0. The van der Waals surface area contributed by atoms with Gasteiger partial charge in [0.05, 0.1) is 23.1 Å². The summed E-state index contributed by atoms with van der Waals surface area (Å²) in [5.74, 6) is 0. The number of nitrogens with one attached hydrogen (secondary N) is 2. The molecule has 1 saturated carbocycles. The van der Waals surface area contributed by atoms with E-state index in [1.54, 1.807) is 6.20 Å². The first-order valence-electron chi connectivity index (χ1n) is 7.13. The number of anilines is 2. The van der Waals surface area contributed by atoms with Crippen LogP contribution in [0.3, 0.4) is 0 Å². The molecule has 4 heteroatoms. The number of fused-ring (bicyclic) bond motifs is 1. The molecule has 4 N–H and O–H groups in total. The van der Waals surface area contributed by atoms with E-state index in [1.807, 2.05) is 6.07 Å². The molecule has 0 unspecified atom stereocenters. The molecule has 0 bridgehead atoms. The van der Waals surface area contributed by atoms with Crippen molar-refractivity contribution in [2.75, 3.05) is 17.6 Å². The van der Waals surface area contributed by atoms with E-state index in [4.69, 9.17) is 5.73 Å². The Morgan fingerprint density at radius 1 is 1.32 bits per heavy atom. The van der Waals surface area contributed by atoms with Crippen molar-refractivity contribution in [1.82, 2.24) is 10.2 Å². The Kier molecular flexibility index (Phi) is 3.09. The van der Waals surface area contributed by atoms with Crippen LogP contribution in [-0.2, 0) is 0 Å². The summed E-state index contributed by atoms with van der Waals surface area (Å²) >= 11 is 0. The Bertz CT molecular complexity index is 567. The lowest BCUT2D eigenvalue weighted by molar-refractivity contribution is 0.233. The number of nitrogen functional groups attached to an aromatic ring is 1. The summed E-state index contributed by atoms with van der Waals surface area (Å²) in [6.07, 6.45) is 8.52. The van der Waals surface area contributed by atoms with Crippen LogP contribution in [0.5, 0.6) is 0 Å². The van der Waals surface area contributed by atoms with E-state index in [9.17, 15) is 0 Å². The Hall–Kier alpha value is -1.71. The zero-order chi connectivity index (χ0) is 13.3. The van der Waals surface area contributed by atoms with Gasteiger partial charge in [-0.15, -0.1) is 0 Å². The zero-order valence-corrected chi connectivity index (χ0v) is 11.5. The van der Waals surface area contributed by atoms with Crippen molar-refractivity contribution in [2.24, 2.45) is 5.41 Å². The van der Waals surface area contributed by atoms with Crippen LogP contribution in [-0.4, -0.2) is 16.7 Å². The second-order valence-corrected chi connectivity index (χ2v) is 6.12. The summed E-state index contributed by atoms with van der Waals surface area (Å²) < 4.78 is 0. The number of aromatic amines is 1. The lowest BCUT2D eigenvalue weighted by Gasteiger charge is -2.34. The van der Waals surface area contributed by atoms with E-state index >= 15 is 0 Å². The topological polar surface area (TPSA) is 66.7 Å². The number of nitrogens with two attached hydrogens (primary N) is 1. The molecular formula is C15H22N4. The van der Waals surface area contributed by atoms with E-state index in [1.165, 1.54) is 32.1 Å². The third-order valence-corrected chi connectivity index (χ3v) is 4.38. The second kappa shape index (κ2) is 4.76. The molecule has 0 radical (unpaired) electrons. The average molecular weight is 258 g/mol. The van der Waals surface area contributed by atoms with Crippen LogP contribution in [0.2, 0.25) is 0 Å². The summed E-state index contributed by atoms with van der Waals surface area (Å²) in [5, 5.41) is 11.6. The van der Waals surface area contributed by atoms with E-state index in [-0.39, 0.29) is 0 Å². The first kappa shape index (κ1) is 12.3. The van der Waals surface area contributed by atoms with Crippen molar-refractivity contribution < 1.29 is 0 Å². The monoisotopic (exact) mass is 258 g/mol. The van der Waals surface area contributed by atoms with Gasteiger partial charge in [0.15, 0.2) is 0 Å². The van der Waals surface area contributed by atoms with Crippen molar-refractivity contribution in [3.8, 4) is 0 Å². The molecule has 102 valence electrons. The van der Waals surface area contributed by atoms with Gasteiger partial charge >= 0.3 is 0 Å². The van der Waals surface area contributed by atoms with E-state index in [0.717, 1.165) is 28.8 Å². The molecule has 0 atom stereocenters. The van der Waals surface area contributed by atoms with Gasteiger partial charge in [-0.2, -0.15) is 5.10 Å². The largest absolute Gasteiger partial charge is 0.397 e. The molecule has 0 aliphatic heterocycles. The Labute approximate surface area is 113 Å². The molecule has 0 spiro atoms. The maximum Gasteiger partial charge on any atom is 0.0672 e. The number of H-pyrrole nitrogens is 1. The number of rotatable bonds is 3. The van der Waals surface area contributed by atoms with Crippen LogP contribution in [0.1, 0.15) is 39.0 Å². The molecule has 3 rings (SSSR count). The van der Waals surface area contributed by atoms with Gasteiger partial charge in [0.2, 0.25) is 0 Å². The van der Waals surface area contributed by atoms with Crippen molar-refractivity contribution in [2.45, 2.75) is 39.0 Å².